The first kappa shape index (κ1) is 27.9. The van der Waals surface area contributed by atoms with Gasteiger partial charge in [0.15, 0.2) is 5.58 Å². The summed E-state index contributed by atoms with van der Waals surface area (Å²) in [5, 5.41) is 7.21. The van der Waals surface area contributed by atoms with E-state index >= 15 is 0 Å². The number of pyridine rings is 1. The number of hydrogen-bond acceptors (Lipinski definition) is 3. The molecule has 0 aliphatic rings. The molecule has 4 aromatic heterocycles. The molecular weight excluding hydrogens is 601 g/mol. The van der Waals surface area contributed by atoms with Gasteiger partial charge in [0.05, 0.1) is 22.1 Å². The van der Waals surface area contributed by atoms with Gasteiger partial charge < -0.3 is 8.98 Å². The first-order valence-corrected chi connectivity index (χ1v) is 16.7. The second kappa shape index (κ2) is 10.1. The number of hydrogen-bond donors (Lipinski definition) is 0. The van der Waals surface area contributed by atoms with Gasteiger partial charge in [-0.15, -0.1) is 0 Å². The molecule has 0 unspecified atom stereocenters. The van der Waals surface area contributed by atoms with Gasteiger partial charge in [0.25, 0.3) is 0 Å². The maximum atomic E-state index is 6.22. The van der Waals surface area contributed by atoms with E-state index in [1.165, 1.54) is 43.4 Å². The molecule has 5 heteroatoms. The average Bonchev–Trinajstić information content (AvgIpc) is 3.81. The summed E-state index contributed by atoms with van der Waals surface area (Å²) in [7, 11) is 0. The Morgan fingerprint density at radius 2 is 1.29 bits per heavy atom. The third-order valence-electron chi connectivity index (χ3n) is 9.95. The van der Waals surface area contributed by atoms with Crippen LogP contribution in [0.2, 0.25) is 0 Å². The second-order valence-electron chi connectivity index (χ2n) is 13.9. The Morgan fingerprint density at radius 1 is 0.571 bits per heavy atom. The van der Waals surface area contributed by atoms with Crippen LogP contribution in [0, 0.1) is 0 Å². The number of benzene rings is 6. The van der Waals surface area contributed by atoms with Gasteiger partial charge in [0.1, 0.15) is 11.3 Å². The lowest BCUT2D eigenvalue weighted by Gasteiger charge is -2.20. The minimum absolute atomic E-state index is 0.0148. The number of nitrogens with zero attached hydrogens (tertiary/aromatic N) is 4. The highest BCUT2D eigenvalue weighted by molar-refractivity contribution is 6.19. The van der Waals surface area contributed by atoms with Crippen molar-refractivity contribution in [2.45, 2.75) is 26.2 Å². The Kier molecular flexibility index (Phi) is 5.77. The van der Waals surface area contributed by atoms with Gasteiger partial charge in [0, 0.05) is 44.4 Å². The standard InChI is InChI=1S/C44H32N4O/c1-44(2,3)29-22-23-45-41(25-29)48-39-26-30(18-21-34(39)35-20-16-27-10-4-5-11-31(27)42(35)48)47-37-14-8-6-12-32(37)33-19-17-28(24-38(33)47)43-46-36-13-7-9-15-40(36)49-43/h4-26H,1-3H3. The maximum Gasteiger partial charge on any atom is 0.227 e. The van der Waals surface area contributed by atoms with Gasteiger partial charge in [-0.1, -0.05) is 99.6 Å². The summed E-state index contributed by atoms with van der Waals surface area (Å²) in [6.07, 6.45) is 1.95. The highest BCUT2D eigenvalue weighted by Gasteiger charge is 2.21. The molecular formula is C44H32N4O. The minimum atomic E-state index is -0.0148. The van der Waals surface area contributed by atoms with Crippen molar-refractivity contribution in [3.8, 4) is 23.0 Å². The van der Waals surface area contributed by atoms with Crippen LogP contribution in [0.15, 0.2) is 144 Å². The predicted octanol–water partition coefficient (Wildman–Crippen LogP) is 11.5. The van der Waals surface area contributed by atoms with Crippen molar-refractivity contribution in [3.63, 3.8) is 0 Å². The molecule has 10 aromatic rings. The van der Waals surface area contributed by atoms with E-state index in [-0.39, 0.29) is 5.41 Å². The van der Waals surface area contributed by atoms with Crippen LogP contribution in [-0.2, 0) is 5.41 Å². The molecule has 49 heavy (non-hydrogen) atoms. The molecule has 10 rings (SSSR count). The Hall–Kier alpha value is -6.20. The van der Waals surface area contributed by atoms with Crippen molar-refractivity contribution in [2.75, 3.05) is 0 Å². The van der Waals surface area contributed by atoms with Crippen LogP contribution in [0.1, 0.15) is 26.3 Å². The summed E-state index contributed by atoms with van der Waals surface area (Å²) in [5.74, 6) is 1.54. The van der Waals surface area contributed by atoms with Crippen molar-refractivity contribution in [1.82, 2.24) is 19.1 Å². The van der Waals surface area contributed by atoms with Crippen molar-refractivity contribution in [3.05, 3.63) is 145 Å². The van der Waals surface area contributed by atoms with Crippen LogP contribution < -0.4 is 0 Å². The van der Waals surface area contributed by atoms with E-state index < -0.39 is 0 Å². The number of aromatic nitrogens is 4. The van der Waals surface area contributed by atoms with Gasteiger partial charge in [-0.05, 0) is 71.0 Å². The Balaban J connectivity index is 1.28. The zero-order chi connectivity index (χ0) is 32.9. The number of oxazole rings is 1. The third-order valence-corrected chi connectivity index (χ3v) is 9.95. The molecule has 0 N–H and O–H groups in total. The van der Waals surface area contributed by atoms with Crippen molar-refractivity contribution < 1.29 is 4.42 Å². The molecule has 0 aliphatic carbocycles. The minimum Gasteiger partial charge on any atom is -0.436 e. The molecule has 4 heterocycles. The fourth-order valence-electron chi connectivity index (χ4n) is 7.53. The molecule has 0 radical (unpaired) electrons. The van der Waals surface area contributed by atoms with E-state index in [9.17, 15) is 0 Å². The lowest BCUT2D eigenvalue weighted by Crippen LogP contribution is -2.12. The zero-order valence-electron chi connectivity index (χ0n) is 27.5. The monoisotopic (exact) mass is 632 g/mol. The van der Waals surface area contributed by atoms with Gasteiger partial charge >= 0.3 is 0 Å². The maximum absolute atomic E-state index is 6.22. The van der Waals surface area contributed by atoms with Gasteiger partial charge in [0.2, 0.25) is 5.89 Å². The van der Waals surface area contributed by atoms with E-state index in [2.05, 4.69) is 139 Å². The predicted molar refractivity (Wildman–Crippen MR) is 202 cm³/mol. The molecule has 5 nitrogen and oxygen atoms in total. The van der Waals surface area contributed by atoms with E-state index in [0.29, 0.717) is 5.89 Å². The summed E-state index contributed by atoms with van der Waals surface area (Å²) in [6.45, 7) is 6.76. The molecule has 0 amide bonds. The number of rotatable bonds is 3. The first-order chi connectivity index (χ1) is 23.9. The fraction of sp³-hybridized carbons (Fsp3) is 0.0909. The summed E-state index contributed by atoms with van der Waals surface area (Å²) in [4.78, 5) is 9.82. The largest absolute Gasteiger partial charge is 0.436 e. The van der Waals surface area contributed by atoms with Crippen molar-refractivity contribution in [2.24, 2.45) is 0 Å². The summed E-state index contributed by atoms with van der Waals surface area (Å²) >= 11 is 0. The lowest BCUT2D eigenvalue weighted by molar-refractivity contribution is 0.588. The quantitative estimate of drug-likeness (QED) is 0.195. The summed E-state index contributed by atoms with van der Waals surface area (Å²) in [6, 6.07) is 47.4. The topological polar surface area (TPSA) is 48.8 Å². The molecule has 234 valence electrons. The van der Waals surface area contributed by atoms with E-state index in [1.807, 2.05) is 30.5 Å². The van der Waals surface area contributed by atoms with Gasteiger partial charge in [-0.2, -0.15) is 0 Å². The average molecular weight is 633 g/mol. The fourth-order valence-corrected chi connectivity index (χ4v) is 7.53. The third kappa shape index (κ3) is 4.18. The SMILES string of the molecule is CC(C)(C)c1ccnc(-n2c3cc(-n4c5ccccc5c5ccc(-c6nc7ccccc7o6)cc54)ccc3c3ccc4ccccc4c32)c1. The van der Waals surface area contributed by atoms with Crippen LogP contribution in [0.3, 0.4) is 0 Å². The van der Waals surface area contributed by atoms with Crippen molar-refractivity contribution in [1.29, 1.82) is 0 Å². The van der Waals surface area contributed by atoms with E-state index in [1.54, 1.807) is 0 Å². The first-order valence-electron chi connectivity index (χ1n) is 16.7. The Labute approximate surface area is 282 Å². The van der Waals surface area contributed by atoms with E-state index in [4.69, 9.17) is 14.4 Å². The molecule has 0 aliphatic heterocycles. The molecule has 0 fully saturated rings. The van der Waals surface area contributed by atoms with Crippen LogP contribution in [0.4, 0.5) is 0 Å². The van der Waals surface area contributed by atoms with Crippen LogP contribution >= 0.6 is 0 Å². The van der Waals surface area contributed by atoms with Crippen LogP contribution in [-0.4, -0.2) is 19.1 Å². The number of para-hydroxylation sites is 3. The Morgan fingerprint density at radius 3 is 2.16 bits per heavy atom. The molecule has 0 atom stereocenters. The molecule has 0 bridgehead atoms. The normalized spacial score (nSPS) is 12.4. The summed E-state index contributed by atoms with van der Waals surface area (Å²) < 4.78 is 11.0. The lowest BCUT2D eigenvalue weighted by atomic mass is 9.88. The second-order valence-corrected chi connectivity index (χ2v) is 13.9. The number of fused-ring (bicyclic) bond motifs is 9. The zero-order valence-corrected chi connectivity index (χ0v) is 27.5. The van der Waals surface area contributed by atoms with Gasteiger partial charge in [-0.3, -0.25) is 4.57 Å². The molecule has 0 saturated heterocycles. The van der Waals surface area contributed by atoms with Crippen LogP contribution in [0.25, 0.3) is 88.4 Å². The Bertz CT molecular complexity index is 2900. The molecule has 6 aromatic carbocycles. The smallest absolute Gasteiger partial charge is 0.227 e. The molecule has 0 saturated carbocycles. The van der Waals surface area contributed by atoms with Crippen molar-refractivity contribution >= 4 is 65.5 Å². The highest BCUT2D eigenvalue weighted by Crippen LogP contribution is 2.40. The molecule has 0 spiro atoms. The van der Waals surface area contributed by atoms with E-state index in [0.717, 1.165) is 44.7 Å². The highest BCUT2D eigenvalue weighted by atomic mass is 16.3. The summed E-state index contributed by atoms with van der Waals surface area (Å²) in [5.41, 5.74) is 9.42. The van der Waals surface area contributed by atoms with Crippen LogP contribution in [0.5, 0.6) is 0 Å². The van der Waals surface area contributed by atoms with Gasteiger partial charge in [-0.25, -0.2) is 9.97 Å².